The van der Waals surface area contributed by atoms with Gasteiger partial charge in [0, 0.05) is 12.1 Å². The second kappa shape index (κ2) is 6.74. The van der Waals surface area contributed by atoms with E-state index in [0.29, 0.717) is 17.8 Å². The maximum Gasteiger partial charge on any atom is 0.251 e. The predicted molar refractivity (Wildman–Crippen MR) is 81.8 cm³/mol. The van der Waals surface area contributed by atoms with Gasteiger partial charge in [0.15, 0.2) is 0 Å². The molecule has 0 aliphatic carbocycles. The minimum atomic E-state index is 0.0555. The van der Waals surface area contributed by atoms with Crippen molar-refractivity contribution >= 4 is 5.91 Å². The van der Waals surface area contributed by atoms with Crippen molar-refractivity contribution in [2.75, 3.05) is 6.54 Å². The Morgan fingerprint density at radius 3 is 2.16 bits per heavy atom. The van der Waals surface area contributed by atoms with Gasteiger partial charge in [-0.2, -0.15) is 0 Å². The molecule has 0 saturated carbocycles. The molecule has 1 rings (SSSR count). The standard InChI is InChI=1S/C17H27NO/c1-11(2)10-18-17(19)15-9-7-8-14(12(3)4)16(15)13(5)6/h7-9,11-13H,10H2,1-6H3,(H,18,19). The Morgan fingerprint density at radius 2 is 1.68 bits per heavy atom. The van der Waals surface area contributed by atoms with Gasteiger partial charge in [-0.3, -0.25) is 4.79 Å². The summed E-state index contributed by atoms with van der Waals surface area (Å²) in [6, 6.07) is 6.07. The van der Waals surface area contributed by atoms with E-state index in [2.05, 4.69) is 52.9 Å². The highest BCUT2D eigenvalue weighted by Gasteiger charge is 2.18. The zero-order valence-electron chi connectivity index (χ0n) is 13.1. The summed E-state index contributed by atoms with van der Waals surface area (Å²) in [6.07, 6.45) is 0. The number of hydrogen-bond donors (Lipinski definition) is 1. The Labute approximate surface area is 117 Å². The third-order valence-electron chi connectivity index (χ3n) is 3.25. The monoisotopic (exact) mass is 261 g/mol. The van der Waals surface area contributed by atoms with Crippen LogP contribution in [0.15, 0.2) is 18.2 Å². The lowest BCUT2D eigenvalue weighted by atomic mass is 9.86. The number of carbonyl (C=O) groups is 1. The van der Waals surface area contributed by atoms with Crippen LogP contribution >= 0.6 is 0 Å². The minimum absolute atomic E-state index is 0.0555. The molecule has 0 saturated heterocycles. The smallest absolute Gasteiger partial charge is 0.251 e. The molecule has 2 nitrogen and oxygen atoms in total. The first-order valence-corrected chi connectivity index (χ1v) is 7.25. The first kappa shape index (κ1) is 15.7. The molecule has 0 atom stereocenters. The van der Waals surface area contributed by atoms with Gasteiger partial charge in [0.25, 0.3) is 5.91 Å². The van der Waals surface area contributed by atoms with E-state index >= 15 is 0 Å². The third kappa shape index (κ3) is 4.09. The van der Waals surface area contributed by atoms with Crippen LogP contribution < -0.4 is 5.32 Å². The van der Waals surface area contributed by atoms with Crippen LogP contribution in [0.3, 0.4) is 0 Å². The van der Waals surface area contributed by atoms with Gasteiger partial charge in [0.2, 0.25) is 0 Å². The highest BCUT2D eigenvalue weighted by atomic mass is 16.1. The van der Waals surface area contributed by atoms with Gasteiger partial charge in [0.05, 0.1) is 0 Å². The topological polar surface area (TPSA) is 29.1 Å². The van der Waals surface area contributed by atoms with E-state index in [1.165, 1.54) is 11.1 Å². The molecule has 0 aromatic heterocycles. The summed E-state index contributed by atoms with van der Waals surface area (Å²) in [4.78, 5) is 12.3. The molecule has 0 spiro atoms. The number of carbonyl (C=O) groups excluding carboxylic acids is 1. The lowest BCUT2D eigenvalue weighted by Crippen LogP contribution is -2.28. The van der Waals surface area contributed by atoms with Crippen LogP contribution in [0.5, 0.6) is 0 Å². The first-order valence-electron chi connectivity index (χ1n) is 7.25. The third-order valence-corrected chi connectivity index (χ3v) is 3.25. The summed E-state index contributed by atoms with van der Waals surface area (Å²) in [6.45, 7) is 13.6. The normalized spacial score (nSPS) is 11.4. The molecule has 0 fully saturated rings. The number of nitrogens with one attached hydrogen (secondary N) is 1. The number of benzene rings is 1. The molecule has 0 aliphatic heterocycles. The maximum absolute atomic E-state index is 12.3. The van der Waals surface area contributed by atoms with Crippen molar-refractivity contribution in [3.8, 4) is 0 Å². The van der Waals surface area contributed by atoms with Crippen LogP contribution in [-0.2, 0) is 0 Å². The van der Waals surface area contributed by atoms with E-state index in [4.69, 9.17) is 0 Å². The summed E-state index contributed by atoms with van der Waals surface area (Å²) in [7, 11) is 0. The summed E-state index contributed by atoms with van der Waals surface area (Å²) < 4.78 is 0. The van der Waals surface area contributed by atoms with Crippen molar-refractivity contribution in [3.63, 3.8) is 0 Å². The molecule has 0 bridgehead atoms. The highest BCUT2D eigenvalue weighted by molar-refractivity contribution is 5.96. The van der Waals surface area contributed by atoms with Gasteiger partial charge < -0.3 is 5.32 Å². The van der Waals surface area contributed by atoms with Gasteiger partial charge in [-0.05, 0) is 34.9 Å². The average Bonchev–Trinajstić information content (AvgIpc) is 2.34. The molecule has 1 amide bonds. The lowest BCUT2D eigenvalue weighted by molar-refractivity contribution is 0.0947. The van der Waals surface area contributed by atoms with Crippen LogP contribution in [0.2, 0.25) is 0 Å². The van der Waals surface area contributed by atoms with E-state index in [0.717, 1.165) is 12.1 Å². The van der Waals surface area contributed by atoms with Crippen molar-refractivity contribution < 1.29 is 4.79 Å². The molecule has 1 aromatic rings. The van der Waals surface area contributed by atoms with Crippen molar-refractivity contribution in [1.82, 2.24) is 5.32 Å². The zero-order valence-corrected chi connectivity index (χ0v) is 13.1. The molecule has 0 heterocycles. The maximum atomic E-state index is 12.3. The number of amides is 1. The van der Waals surface area contributed by atoms with Gasteiger partial charge in [-0.1, -0.05) is 53.7 Å². The summed E-state index contributed by atoms with van der Waals surface area (Å²) in [5.41, 5.74) is 3.31. The Balaban J connectivity index is 3.12. The fourth-order valence-electron chi connectivity index (χ4n) is 2.32. The van der Waals surface area contributed by atoms with Gasteiger partial charge in [0.1, 0.15) is 0 Å². The van der Waals surface area contributed by atoms with Gasteiger partial charge in [-0.15, -0.1) is 0 Å². The van der Waals surface area contributed by atoms with Crippen LogP contribution in [0, 0.1) is 5.92 Å². The lowest BCUT2D eigenvalue weighted by Gasteiger charge is -2.20. The average molecular weight is 261 g/mol. The number of rotatable bonds is 5. The molecule has 0 unspecified atom stereocenters. The second-order valence-corrected chi connectivity index (χ2v) is 6.22. The Morgan fingerprint density at radius 1 is 1.05 bits per heavy atom. The quantitative estimate of drug-likeness (QED) is 0.840. The Bertz CT molecular complexity index is 433. The van der Waals surface area contributed by atoms with Crippen LogP contribution in [0.1, 0.15) is 74.9 Å². The van der Waals surface area contributed by atoms with E-state index in [1.54, 1.807) is 0 Å². The summed E-state index contributed by atoms with van der Waals surface area (Å²) in [5, 5.41) is 3.02. The molecule has 2 heteroatoms. The largest absolute Gasteiger partial charge is 0.352 e. The molecule has 106 valence electrons. The van der Waals surface area contributed by atoms with E-state index < -0.39 is 0 Å². The molecule has 19 heavy (non-hydrogen) atoms. The summed E-state index contributed by atoms with van der Waals surface area (Å²) >= 11 is 0. The summed E-state index contributed by atoms with van der Waals surface area (Å²) in [5.74, 6) is 1.33. The molecule has 0 radical (unpaired) electrons. The van der Waals surface area contributed by atoms with Crippen molar-refractivity contribution in [2.24, 2.45) is 5.92 Å². The molecule has 0 aliphatic rings. The van der Waals surface area contributed by atoms with E-state index in [1.807, 2.05) is 12.1 Å². The van der Waals surface area contributed by atoms with Gasteiger partial charge in [-0.25, -0.2) is 0 Å². The van der Waals surface area contributed by atoms with Crippen LogP contribution in [-0.4, -0.2) is 12.5 Å². The SMILES string of the molecule is CC(C)CNC(=O)c1cccc(C(C)C)c1C(C)C. The fraction of sp³-hybridized carbons (Fsp3) is 0.588. The molecule has 1 aromatic carbocycles. The van der Waals surface area contributed by atoms with E-state index in [9.17, 15) is 4.79 Å². The minimum Gasteiger partial charge on any atom is -0.352 e. The van der Waals surface area contributed by atoms with Crippen molar-refractivity contribution in [1.29, 1.82) is 0 Å². The second-order valence-electron chi connectivity index (χ2n) is 6.22. The highest BCUT2D eigenvalue weighted by Crippen LogP contribution is 2.29. The fourth-order valence-corrected chi connectivity index (χ4v) is 2.32. The van der Waals surface area contributed by atoms with Crippen molar-refractivity contribution in [2.45, 2.75) is 53.4 Å². The molecular weight excluding hydrogens is 234 g/mol. The molecule has 1 N–H and O–H groups in total. The van der Waals surface area contributed by atoms with Crippen LogP contribution in [0.25, 0.3) is 0 Å². The van der Waals surface area contributed by atoms with E-state index in [-0.39, 0.29) is 5.91 Å². The first-order chi connectivity index (χ1) is 8.84. The van der Waals surface area contributed by atoms with Crippen LogP contribution in [0.4, 0.5) is 0 Å². The predicted octanol–water partition coefficient (Wildman–Crippen LogP) is 4.32. The van der Waals surface area contributed by atoms with Crippen molar-refractivity contribution in [3.05, 3.63) is 34.9 Å². The zero-order chi connectivity index (χ0) is 14.6. The van der Waals surface area contributed by atoms with Gasteiger partial charge >= 0.3 is 0 Å². The Hall–Kier alpha value is -1.31. The number of hydrogen-bond acceptors (Lipinski definition) is 1. The molecular formula is C17H27NO. The Kier molecular flexibility index (Phi) is 5.59.